The van der Waals surface area contributed by atoms with E-state index in [1.54, 1.807) is 0 Å². The van der Waals surface area contributed by atoms with Crippen molar-refractivity contribution in [3.8, 4) is 5.75 Å². The molecule has 0 spiro atoms. The van der Waals surface area contributed by atoms with Crippen LogP contribution in [0.3, 0.4) is 0 Å². The Kier molecular flexibility index (Phi) is 3.41. The van der Waals surface area contributed by atoms with Crippen molar-refractivity contribution < 1.29 is 10.2 Å². The molecule has 1 aliphatic rings. The maximum Gasteiger partial charge on any atom is 0.119 e. The van der Waals surface area contributed by atoms with E-state index in [1.807, 2.05) is 38.1 Å². The van der Waals surface area contributed by atoms with Crippen LogP contribution in [0.4, 0.5) is 0 Å². The quantitative estimate of drug-likeness (QED) is 0.701. The Bertz CT molecular complexity index is 488. The molecule has 0 radical (unpaired) electrons. The highest BCUT2D eigenvalue weighted by molar-refractivity contribution is 5.29. The van der Waals surface area contributed by atoms with Gasteiger partial charge in [-0.05, 0) is 62.0 Å². The minimum Gasteiger partial charge on any atom is -0.494 e. The largest absolute Gasteiger partial charge is 0.494 e. The van der Waals surface area contributed by atoms with Crippen LogP contribution in [-0.4, -0.2) is 6.61 Å². The number of benzene rings is 1. The number of hydrogen-bond acceptors (Lipinski definition) is 1. The first kappa shape index (κ1) is 9.01. The predicted octanol–water partition coefficient (Wildman–Crippen LogP) is 5.16. The average molecular weight is 250 g/mol. The van der Waals surface area contributed by atoms with Crippen LogP contribution < -0.4 is 4.74 Å². The SMILES string of the molecule is [2H][C@H]1C[C@]([2H])(CCC)CC([2H])([2H])C1c1ccc(OCC)cc1. The maximum absolute atomic E-state index is 8.47. The molecule has 0 aromatic heterocycles. The van der Waals surface area contributed by atoms with Crippen LogP contribution in [0.5, 0.6) is 5.75 Å². The van der Waals surface area contributed by atoms with Gasteiger partial charge < -0.3 is 4.74 Å². The van der Waals surface area contributed by atoms with Crippen molar-refractivity contribution in [3.05, 3.63) is 29.8 Å². The van der Waals surface area contributed by atoms with Crippen LogP contribution in [-0.2, 0) is 0 Å². The van der Waals surface area contributed by atoms with Gasteiger partial charge in [0.25, 0.3) is 0 Å². The molecule has 3 atom stereocenters. The summed E-state index contributed by atoms with van der Waals surface area (Å²) >= 11 is 0. The molecule has 0 saturated heterocycles. The molecule has 18 heavy (non-hydrogen) atoms. The van der Waals surface area contributed by atoms with E-state index in [2.05, 4.69) is 0 Å². The van der Waals surface area contributed by atoms with Gasteiger partial charge in [0.1, 0.15) is 5.75 Å². The van der Waals surface area contributed by atoms with Gasteiger partial charge in [-0.2, -0.15) is 0 Å². The molecule has 1 heteroatoms. The van der Waals surface area contributed by atoms with Gasteiger partial charge in [-0.25, -0.2) is 0 Å². The Morgan fingerprint density at radius 3 is 2.67 bits per heavy atom. The van der Waals surface area contributed by atoms with Crippen molar-refractivity contribution in [2.24, 2.45) is 5.89 Å². The molecule has 1 unspecified atom stereocenters. The van der Waals surface area contributed by atoms with E-state index in [0.717, 1.165) is 17.7 Å². The zero-order valence-electron chi connectivity index (χ0n) is 15.4. The second-order valence-corrected chi connectivity index (χ2v) is 4.80. The topological polar surface area (TPSA) is 9.23 Å². The molecule has 100 valence electrons. The van der Waals surface area contributed by atoms with Gasteiger partial charge in [0, 0.05) is 5.48 Å². The van der Waals surface area contributed by atoms with Crippen molar-refractivity contribution in [1.29, 1.82) is 0 Å². The van der Waals surface area contributed by atoms with Gasteiger partial charge in [-0.15, -0.1) is 0 Å². The van der Waals surface area contributed by atoms with E-state index < -0.39 is 24.6 Å². The standard InChI is InChI=1S/C17H26O/c1-3-5-14-6-8-15(9-7-14)16-10-12-17(13-11-16)18-4-2/h10-15H,3-9H2,1-2H3/t14-,15?/i8D,9D2,14D/t8-,14-,15?/m0/s1. The zero-order valence-corrected chi connectivity index (χ0v) is 11.4. The monoisotopic (exact) mass is 250 g/mol. The van der Waals surface area contributed by atoms with E-state index in [-0.39, 0.29) is 6.42 Å². The molecule has 0 heterocycles. The third-order valence-electron chi connectivity index (χ3n) is 3.37. The fraction of sp³-hybridized carbons (Fsp3) is 0.647. The molecule has 1 aliphatic carbocycles. The van der Waals surface area contributed by atoms with Crippen molar-refractivity contribution in [1.82, 2.24) is 0 Å². The van der Waals surface area contributed by atoms with Gasteiger partial charge in [0.15, 0.2) is 0 Å². The molecular weight excluding hydrogens is 220 g/mol. The van der Waals surface area contributed by atoms with Gasteiger partial charge in [0.2, 0.25) is 0 Å². The van der Waals surface area contributed by atoms with Crippen LogP contribution in [0, 0.1) is 5.89 Å². The molecular formula is C17H26O. The first-order chi connectivity index (χ1) is 10.3. The Balaban J connectivity index is 2.23. The van der Waals surface area contributed by atoms with Crippen molar-refractivity contribution >= 4 is 0 Å². The van der Waals surface area contributed by atoms with Gasteiger partial charge in [-0.1, -0.05) is 31.9 Å². The molecule has 1 nitrogen and oxygen atoms in total. The average Bonchev–Trinajstić information content (AvgIpc) is 2.38. The molecule has 2 rings (SSSR count). The minimum atomic E-state index is -1.52. The summed E-state index contributed by atoms with van der Waals surface area (Å²) in [7, 11) is 0. The first-order valence-corrected chi connectivity index (χ1v) is 6.96. The van der Waals surface area contributed by atoms with E-state index in [4.69, 9.17) is 10.2 Å². The molecule has 0 amide bonds. The fourth-order valence-corrected chi connectivity index (χ4v) is 2.43. The van der Waals surface area contributed by atoms with E-state index in [0.29, 0.717) is 19.4 Å². The molecule has 0 N–H and O–H groups in total. The fourth-order valence-electron chi connectivity index (χ4n) is 2.43. The smallest absolute Gasteiger partial charge is 0.119 e. The second-order valence-electron chi connectivity index (χ2n) is 4.80. The van der Waals surface area contributed by atoms with Crippen LogP contribution in [0.15, 0.2) is 24.3 Å². The Hall–Kier alpha value is -0.980. The minimum absolute atomic E-state index is 0.209. The summed E-state index contributed by atoms with van der Waals surface area (Å²) < 4.78 is 39.1. The molecule has 1 aromatic rings. The Morgan fingerprint density at radius 1 is 1.28 bits per heavy atom. The molecule has 1 fully saturated rings. The number of hydrogen-bond donors (Lipinski definition) is 0. The highest BCUT2D eigenvalue weighted by atomic mass is 16.5. The normalized spacial score (nSPS) is 38.1. The lowest BCUT2D eigenvalue weighted by molar-refractivity contribution is 0.308. The predicted molar refractivity (Wildman–Crippen MR) is 77.2 cm³/mol. The number of ether oxygens (including phenoxy) is 1. The molecule has 1 aromatic carbocycles. The number of rotatable bonds is 5. The summed E-state index contributed by atoms with van der Waals surface area (Å²) in [6.45, 7) is 4.54. The summed E-state index contributed by atoms with van der Waals surface area (Å²) in [6, 6.07) is 7.42. The van der Waals surface area contributed by atoms with Gasteiger partial charge in [0.05, 0.1) is 6.61 Å². The van der Waals surface area contributed by atoms with Crippen LogP contribution in [0.2, 0.25) is 0 Å². The highest BCUT2D eigenvalue weighted by Crippen LogP contribution is 2.37. The van der Waals surface area contributed by atoms with Gasteiger partial charge >= 0.3 is 0 Å². The lowest BCUT2D eigenvalue weighted by atomic mass is 9.77. The van der Waals surface area contributed by atoms with Crippen LogP contribution in [0.1, 0.15) is 69.3 Å². The van der Waals surface area contributed by atoms with E-state index >= 15 is 0 Å². The highest BCUT2D eigenvalue weighted by Gasteiger charge is 2.21. The van der Waals surface area contributed by atoms with E-state index in [9.17, 15) is 0 Å². The molecule has 0 bridgehead atoms. The van der Waals surface area contributed by atoms with Crippen molar-refractivity contribution in [3.63, 3.8) is 0 Å². The van der Waals surface area contributed by atoms with Crippen LogP contribution >= 0.6 is 0 Å². The summed E-state index contributed by atoms with van der Waals surface area (Å²) in [5, 5.41) is 0. The first-order valence-electron chi connectivity index (χ1n) is 9.04. The van der Waals surface area contributed by atoms with Crippen molar-refractivity contribution in [2.45, 2.75) is 58.2 Å². The van der Waals surface area contributed by atoms with E-state index in [1.165, 1.54) is 0 Å². The lowest BCUT2D eigenvalue weighted by Crippen LogP contribution is -2.13. The summed E-state index contributed by atoms with van der Waals surface area (Å²) in [6.07, 6.45) is 0.0807. The molecule has 0 aliphatic heterocycles. The summed E-state index contributed by atoms with van der Waals surface area (Å²) in [4.78, 5) is 0. The third-order valence-corrected chi connectivity index (χ3v) is 3.37. The lowest BCUT2D eigenvalue weighted by Gasteiger charge is -2.28. The Morgan fingerprint density at radius 2 is 2.06 bits per heavy atom. The summed E-state index contributed by atoms with van der Waals surface area (Å²) in [5.74, 6) is -0.504. The second kappa shape index (κ2) is 6.82. The maximum atomic E-state index is 8.47. The van der Waals surface area contributed by atoms with Crippen molar-refractivity contribution in [2.75, 3.05) is 6.61 Å². The molecule has 1 saturated carbocycles. The van der Waals surface area contributed by atoms with Crippen LogP contribution in [0.25, 0.3) is 0 Å². The summed E-state index contributed by atoms with van der Waals surface area (Å²) in [5.41, 5.74) is 0.840. The Labute approximate surface area is 117 Å². The zero-order chi connectivity index (χ0) is 16.4. The van der Waals surface area contributed by atoms with Gasteiger partial charge in [-0.3, -0.25) is 0 Å². The third kappa shape index (κ3) is 3.51.